The van der Waals surface area contributed by atoms with Crippen LogP contribution in [0.1, 0.15) is 70.7 Å². The molecule has 2 aromatic carbocycles. The van der Waals surface area contributed by atoms with Gasteiger partial charge in [0.2, 0.25) is 0 Å². The van der Waals surface area contributed by atoms with Gasteiger partial charge in [-0.25, -0.2) is 0 Å². The lowest BCUT2D eigenvalue weighted by atomic mass is 10.1. The summed E-state index contributed by atoms with van der Waals surface area (Å²) in [6, 6.07) is 15.9. The van der Waals surface area contributed by atoms with E-state index >= 15 is 0 Å². The van der Waals surface area contributed by atoms with E-state index in [1.54, 1.807) is 0 Å². The van der Waals surface area contributed by atoms with Crippen LogP contribution in [0.25, 0.3) is 0 Å². The van der Waals surface area contributed by atoms with Gasteiger partial charge in [-0.1, -0.05) is 48.5 Å². The summed E-state index contributed by atoms with van der Waals surface area (Å²) in [5, 5.41) is 0. The van der Waals surface area contributed by atoms with E-state index in [1.807, 2.05) is 104 Å². The molecule has 0 aromatic heterocycles. The molecule has 11 heteroatoms. The highest BCUT2D eigenvalue weighted by atomic mass is 35.5. The zero-order chi connectivity index (χ0) is 30.5. The summed E-state index contributed by atoms with van der Waals surface area (Å²) in [4.78, 5) is 0. The fourth-order valence-corrected chi connectivity index (χ4v) is 10.8. The molecule has 0 heterocycles. The number of halogens is 4. The Balaban J connectivity index is 0.000000402. The van der Waals surface area contributed by atoms with Crippen molar-refractivity contribution in [3.8, 4) is 0 Å². The molecule has 0 aliphatic rings. The van der Waals surface area contributed by atoms with E-state index in [1.165, 1.54) is 0 Å². The molecule has 0 aliphatic heterocycles. The summed E-state index contributed by atoms with van der Waals surface area (Å²) in [6.45, 7) is 18.3. The lowest BCUT2D eigenvalue weighted by molar-refractivity contribution is 0.0581. The van der Waals surface area contributed by atoms with Gasteiger partial charge in [-0.2, -0.15) is 0 Å². The number of benzene rings is 2. The Bertz CT molecular complexity index is 952. The predicted molar refractivity (Wildman–Crippen MR) is 174 cm³/mol. The SMILES string of the molecule is CCO[Si](C)(OCC)C(C)(Cl)c1ccc(CCl)cc1.CCO[Si](OCC)(OCC)C(C)(Cl)c1ccc(CCl)cc1. The van der Waals surface area contributed by atoms with Crippen LogP contribution in [0.2, 0.25) is 6.55 Å². The first-order valence-electron chi connectivity index (χ1n) is 13.8. The molecule has 2 rings (SSSR count). The van der Waals surface area contributed by atoms with Gasteiger partial charge in [-0.15, -0.1) is 46.4 Å². The minimum absolute atomic E-state index is 0.476. The molecule has 228 valence electrons. The highest BCUT2D eigenvalue weighted by molar-refractivity contribution is 6.77. The topological polar surface area (TPSA) is 46.2 Å². The van der Waals surface area contributed by atoms with E-state index in [4.69, 9.17) is 68.5 Å². The van der Waals surface area contributed by atoms with Crippen LogP contribution in [0.15, 0.2) is 48.5 Å². The Morgan fingerprint density at radius 3 is 1.12 bits per heavy atom. The largest absolute Gasteiger partial charge is 0.527 e. The second-order valence-corrected chi connectivity index (χ2v) is 18.5. The Hall–Kier alpha value is -0.166. The zero-order valence-electron chi connectivity index (χ0n) is 25.1. The fourth-order valence-electron chi connectivity index (χ4n) is 4.22. The molecule has 0 radical (unpaired) electrons. The first-order chi connectivity index (χ1) is 18.9. The standard InChI is InChI=1S/C15H24Cl2O3Si.C14H22Cl2O2Si/c1-5-18-21(19-6-2,20-7-3)15(4,17)14-10-8-13(12-16)9-11-14;1-5-17-19(4,18-6-2)14(3,16)13-9-7-12(11-15)8-10-13/h8-11H,5-7,12H2,1-4H3;7-10H,5-6,11H2,1-4H3. The molecule has 0 spiro atoms. The van der Waals surface area contributed by atoms with Crippen LogP contribution in [0, 0.1) is 0 Å². The van der Waals surface area contributed by atoms with Crippen LogP contribution in [0.4, 0.5) is 0 Å². The first-order valence-corrected chi connectivity index (χ1v) is 19.6. The third-order valence-corrected chi connectivity index (χ3v) is 16.5. The molecule has 40 heavy (non-hydrogen) atoms. The Kier molecular flexibility index (Phi) is 16.9. The highest BCUT2D eigenvalue weighted by Crippen LogP contribution is 2.41. The van der Waals surface area contributed by atoms with E-state index in [0.717, 1.165) is 22.3 Å². The van der Waals surface area contributed by atoms with E-state index in [9.17, 15) is 0 Å². The van der Waals surface area contributed by atoms with Crippen molar-refractivity contribution < 1.29 is 22.1 Å². The predicted octanol–water partition coefficient (Wildman–Crippen LogP) is 9.03. The maximum atomic E-state index is 6.87. The van der Waals surface area contributed by atoms with Crippen LogP contribution < -0.4 is 0 Å². The fraction of sp³-hybridized carbons (Fsp3) is 0.586. The van der Waals surface area contributed by atoms with Crippen molar-refractivity contribution in [2.75, 3.05) is 33.0 Å². The van der Waals surface area contributed by atoms with Crippen molar-refractivity contribution in [2.45, 2.75) is 75.8 Å². The van der Waals surface area contributed by atoms with Gasteiger partial charge in [0.25, 0.3) is 0 Å². The van der Waals surface area contributed by atoms with Crippen LogP contribution in [0.3, 0.4) is 0 Å². The molecular formula is C29H46Cl4O5Si2. The molecule has 2 atom stereocenters. The third kappa shape index (κ3) is 9.42. The van der Waals surface area contributed by atoms with Gasteiger partial charge in [-0.05, 0) is 77.3 Å². The van der Waals surface area contributed by atoms with E-state index in [-0.39, 0.29) is 0 Å². The molecule has 2 unspecified atom stereocenters. The average molecular weight is 673 g/mol. The van der Waals surface area contributed by atoms with Gasteiger partial charge >= 0.3 is 17.4 Å². The van der Waals surface area contributed by atoms with Crippen molar-refractivity contribution >= 4 is 63.8 Å². The van der Waals surface area contributed by atoms with Gasteiger partial charge in [0.15, 0.2) is 0 Å². The molecule has 0 bridgehead atoms. The maximum Gasteiger partial charge on any atom is 0.527 e. The second-order valence-electron chi connectivity index (χ2n) is 9.33. The molecule has 0 saturated carbocycles. The van der Waals surface area contributed by atoms with Crippen molar-refractivity contribution in [1.29, 1.82) is 0 Å². The molecule has 0 N–H and O–H groups in total. The van der Waals surface area contributed by atoms with Crippen LogP contribution in [-0.4, -0.2) is 50.4 Å². The normalized spacial score (nSPS) is 15.1. The van der Waals surface area contributed by atoms with Crippen LogP contribution in [-0.2, 0) is 42.9 Å². The monoisotopic (exact) mass is 670 g/mol. The number of rotatable bonds is 16. The maximum absolute atomic E-state index is 6.87. The molecule has 5 nitrogen and oxygen atoms in total. The quantitative estimate of drug-likeness (QED) is 0.132. The average Bonchev–Trinajstić information content (AvgIpc) is 2.94. The third-order valence-electron chi connectivity index (χ3n) is 6.57. The Labute approximate surface area is 264 Å². The van der Waals surface area contributed by atoms with Crippen molar-refractivity contribution in [1.82, 2.24) is 0 Å². The van der Waals surface area contributed by atoms with E-state index in [0.29, 0.717) is 44.8 Å². The summed E-state index contributed by atoms with van der Waals surface area (Å²) in [7, 11) is -5.57. The molecule has 0 aliphatic carbocycles. The summed E-state index contributed by atoms with van der Waals surface area (Å²) in [5.41, 5.74) is 4.05. The summed E-state index contributed by atoms with van der Waals surface area (Å²) in [6.07, 6.45) is 0. The first kappa shape index (κ1) is 37.9. The number of hydrogen-bond donors (Lipinski definition) is 0. The minimum atomic E-state index is -3.06. The van der Waals surface area contributed by atoms with Crippen molar-refractivity contribution in [2.24, 2.45) is 0 Å². The molecule has 0 fully saturated rings. The number of hydrogen-bond acceptors (Lipinski definition) is 5. The van der Waals surface area contributed by atoms with Gasteiger partial charge in [0.1, 0.15) is 8.99 Å². The summed E-state index contributed by atoms with van der Waals surface area (Å²) >= 11 is 25.3. The van der Waals surface area contributed by atoms with Crippen molar-refractivity contribution in [3.63, 3.8) is 0 Å². The lowest BCUT2D eigenvalue weighted by Gasteiger charge is -2.39. The summed E-state index contributed by atoms with van der Waals surface area (Å²) < 4.78 is 28.1. The van der Waals surface area contributed by atoms with Gasteiger partial charge < -0.3 is 22.1 Å². The van der Waals surface area contributed by atoms with Crippen LogP contribution >= 0.6 is 46.4 Å². The lowest BCUT2D eigenvalue weighted by Crippen LogP contribution is -2.59. The smallest absolute Gasteiger partial charge is 0.393 e. The zero-order valence-corrected chi connectivity index (χ0v) is 30.1. The number of alkyl halides is 4. The van der Waals surface area contributed by atoms with Crippen LogP contribution in [0.5, 0.6) is 0 Å². The molecule has 2 aromatic rings. The van der Waals surface area contributed by atoms with Crippen molar-refractivity contribution in [3.05, 3.63) is 70.8 Å². The Morgan fingerprint density at radius 2 is 0.850 bits per heavy atom. The second kappa shape index (κ2) is 17.8. The van der Waals surface area contributed by atoms with E-state index in [2.05, 4.69) is 0 Å². The molecule has 0 saturated heterocycles. The van der Waals surface area contributed by atoms with Gasteiger partial charge in [-0.3, -0.25) is 0 Å². The Morgan fingerprint density at radius 1 is 0.550 bits per heavy atom. The minimum Gasteiger partial charge on any atom is -0.393 e. The van der Waals surface area contributed by atoms with Gasteiger partial charge in [0.05, 0.1) is 0 Å². The highest BCUT2D eigenvalue weighted by Gasteiger charge is 2.58. The van der Waals surface area contributed by atoms with Gasteiger partial charge in [0, 0.05) is 44.8 Å². The summed E-state index contributed by atoms with van der Waals surface area (Å²) in [5.74, 6) is 0.981. The molecule has 0 amide bonds. The molecular weight excluding hydrogens is 626 g/mol. The van der Waals surface area contributed by atoms with E-state index < -0.39 is 26.4 Å².